The maximum atomic E-state index is 13.9. The second kappa shape index (κ2) is 10.0. The van der Waals surface area contributed by atoms with Gasteiger partial charge in [0.05, 0.1) is 6.54 Å². The summed E-state index contributed by atoms with van der Waals surface area (Å²) in [5, 5.41) is 11.7. The summed E-state index contributed by atoms with van der Waals surface area (Å²) in [7, 11) is 0. The average Bonchev–Trinajstić information content (AvgIpc) is 3.34. The van der Waals surface area contributed by atoms with E-state index in [1.807, 2.05) is 55.5 Å². The van der Waals surface area contributed by atoms with Crippen LogP contribution in [-0.2, 0) is 14.3 Å². The molecule has 9 heteroatoms. The Balaban J connectivity index is 1.28. The van der Waals surface area contributed by atoms with E-state index in [2.05, 4.69) is 5.32 Å². The molecule has 4 rings (SSSR count). The van der Waals surface area contributed by atoms with Crippen molar-refractivity contribution < 1.29 is 33.0 Å². The number of carbonyl (C=O) groups is 3. The monoisotopic (exact) mass is 486 g/mol. The molecule has 0 radical (unpaired) electrons. The molecule has 186 valence electrons. The number of nitrogens with zero attached hydrogens (tertiary/aromatic N) is 1. The van der Waals surface area contributed by atoms with Crippen LogP contribution >= 0.6 is 0 Å². The Morgan fingerprint density at radius 3 is 2.26 bits per heavy atom. The number of fused-ring (bicyclic) bond motifs is 3. The highest BCUT2D eigenvalue weighted by molar-refractivity contribution is 5.80. The molecular weight excluding hydrogens is 458 g/mol. The Hall–Kier alpha value is -3.49. The molecule has 1 fully saturated rings. The summed E-state index contributed by atoms with van der Waals surface area (Å²) >= 11 is 0. The Bertz CT molecular complexity index is 1080. The summed E-state index contributed by atoms with van der Waals surface area (Å²) < 4.78 is 33.3. The van der Waals surface area contributed by atoms with E-state index in [9.17, 15) is 23.2 Å². The van der Waals surface area contributed by atoms with Gasteiger partial charge in [-0.2, -0.15) is 0 Å². The number of halogens is 2. The van der Waals surface area contributed by atoms with Crippen LogP contribution in [0.5, 0.6) is 0 Å². The predicted octanol–water partition coefficient (Wildman–Crippen LogP) is 4.12. The van der Waals surface area contributed by atoms with Crippen molar-refractivity contribution in [2.75, 3.05) is 26.2 Å². The summed E-state index contributed by atoms with van der Waals surface area (Å²) in [5.41, 5.74) is 4.44. The van der Waals surface area contributed by atoms with Gasteiger partial charge in [0.1, 0.15) is 12.5 Å². The Morgan fingerprint density at radius 2 is 1.71 bits per heavy atom. The van der Waals surface area contributed by atoms with Crippen molar-refractivity contribution in [1.29, 1.82) is 0 Å². The van der Waals surface area contributed by atoms with Gasteiger partial charge in [0, 0.05) is 25.4 Å². The molecule has 2 N–H and O–H groups in total. The minimum Gasteiger partial charge on any atom is -0.481 e. The van der Waals surface area contributed by atoms with Crippen LogP contribution in [0.3, 0.4) is 0 Å². The molecule has 0 spiro atoms. The van der Waals surface area contributed by atoms with Gasteiger partial charge in [-0.05, 0) is 28.2 Å². The topological polar surface area (TPSA) is 95.9 Å². The number of carboxylic acids is 1. The maximum Gasteiger partial charge on any atom is 0.407 e. The van der Waals surface area contributed by atoms with E-state index in [0.717, 1.165) is 27.2 Å². The fourth-order valence-corrected chi connectivity index (χ4v) is 4.85. The standard InChI is InChI=1S/C26H28F2N2O5/c1-2-16(11-23(31)30-13-22(24(32)33)26(27,28)15-30)12-29-25(34)35-14-21-19-9-5-3-7-17(19)18-8-4-6-10-20(18)21/h3-10,16,21-22H,2,11-15H2,1H3,(H,29,34)(H,32,33). The molecule has 35 heavy (non-hydrogen) atoms. The minimum absolute atomic E-state index is 0.0669. The van der Waals surface area contributed by atoms with E-state index < -0.39 is 42.9 Å². The summed E-state index contributed by atoms with van der Waals surface area (Å²) in [4.78, 5) is 36.9. The number of hydrogen-bond acceptors (Lipinski definition) is 4. The van der Waals surface area contributed by atoms with Gasteiger partial charge in [0.2, 0.25) is 5.91 Å². The van der Waals surface area contributed by atoms with Gasteiger partial charge < -0.3 is 20.1 Å². The maximum absolute atomic E-state index is 13.9. The SMILES string of the molecule is CCC(CNC(=O)OCC1c2ccccc2-c2ccccc21)CC(=O)N1CC(C(=O)O)C(F)(F)C1. The Morgan fingerprint density at radius 1 is 1.11 bits per heavy atom. The zero-order valence-corrected chi connectivity index (χ0v) is 19.4. The molecule has 1 aliphatic carbocycles. The zero-order valence-electron chi connectivity index (χ0n) is 19.4. The van der Waals surface area contributed by atoms with Crippen LogP contribution < -0.4 is 5.32 Å². The van der Waals surface area contributed by atoms with Crippen LogP contribution in [0.1, 0.15) is 36.8 Å². The number of alkyl carbamates (subject to hydrolysis) is 1. The number of nitrogens with one attached hydrogen (secondary N) is 1. The predicted molar refractivity (Wildman–Crippen MR) is 124 cm³/mol. The van der Waals surface area contributed by atoms with Crippen LogP contribution in [0.2, 0.25) is 0 Å². The highest BCUT2D eigenvalue weighted by atomic mass is 19.3. The van der Waals surface area contributed by atoms with Crippen molar-refractivity contribution in [2.45, 2.75) is 31.6 Å². The van der Waals surface area contributed by atoms with E-state index in [1.54, 1.807) is 0 Å². The third-order valence-electron chi connectivity index (χ3n) is 6.88. The van der Waals surface area contributed by atoms with Gasteiger partial charge in [-0.3, -0.25) is 9.59 Å². The summed E-state index contributed by atoms with van der Waals surface area (Å²) in [5.74, 6) is -7.88. The van der Waals surface area contributed by atoms with Crippen molar-refractivity contribution >= 4 is 18.0 Å². The summed E-state index contributed by atoms with van der Waals surface area (Å²) in [6, 6.07) is 16.0. The molecule has 1 heterocycles. The lowest BCUT2D eigenvalue weighted by molar-refractivity contribution is -0.151. The van der Waals surface area contributed by atoms with Crippen molar-refractivity contribution in [3.63, 3.8) is 0 Å². The number of likely N-dealkylation sites (tertiary alicyclic amines) is 1. The van der Waals surface area contributed by atoms with Crippen molar-refractivity contribution in [3.05, 3.63) is 59.7 Å². The lowest BCUT2D eigenvalue weighted by Crippen LogP contribution is -2.36. The highest BCUT2D eigenvalue weighted by Gasteiger charge is 2.53. The number of alkyl halides is 2. The highest BCUT2D eigenvalue weighted by Crippen LogP contribution is 2.44. The van der Waals surface area contributed by atoms with Crippen LogP contribution in [0.25, 0.3) is 11.1 Å². The van der Waals surface area contributed by atoms with Gasteiger partial charge in [0.15, 0.2) is 0 Å². The van der Waals surface area contributed by atoms with Gasteiger partial charge >= 0.3 is 12.1 Å². The first-order valence-electron chi connectivity index (χ1n) is 11.7. The van der Waals surface area contributed by atoms with E-state index in [1.165, 1.54) is 0 Å². The molecule has 2 atom stereocenters. The molecule has 2 aliphatic rings. The molecule has 1 aliphatic heterocycles. The molecular formula is C26H28F2N2O5. The average molecular weight is 487 g/mol. The molecule has 2 amide bonds. The molecule has 0 bridgehead atoms. The largest absolute Gasteiger partial charge is 0.481 e. The third kappa shape index (κ3) is 5.13. The molecule has 7 nitrogen and oxygen atoms in total. The summed E-state index contributed by atoms with van der Waals surface area (Å²) in [6.07, 6.45) is -0.152. The fourth-order valence-electron chi connectivity index (χ4n) is 4.85. The van der Waals surface area contributed by atoms with E-state index in [0.29, 0.717) is 6.42 Å². The molecule has 1 saturated heterocycles. The van der Waals surface area contributed by atoms with Gasteiger partial charge in [-0.25, -0.2) is 13.6 Å². The normalized spacial score (nSPS) is 19.1. The molecule has 0 saturated carbocycles. The van der Waals surface area contributed by atoms with E-state index >= 15 is 0 Å². The number of hydrogen-bond donors (Lipinski definition) is 2. The second-order valence-electron chi connectivity index (χ2n) is 9.11. The lowest BCUT2D eigenvalue weighted by Gasteiger charge is -2.21. The third-order valence-corrected chi connectivity index (χ3v) is 6.88. The van der Waals surface area contributed by atoms with Gasteiger partial charge in [-0.15, -0.1) is 0 Å². The van der Waals surface area contributed by atoms with Crippen molar-refractivity contribution in [1.82, 2.24) is 10.2 Å². The number of ether oxygens (including phenoxy) is 1. The quantitative estimate of drug-likeness (QED) is 0.585. The smallest absolute Gasteiger partial charge is 0.407 e. The number of amides is 2. The van der Waals surface area contributed by atoms with E-state index in [4.69, 9.17) is 9.84 Å². The number of aliphatic carboxylic acids is 1. The van der Waals surface area contributed by atoms with Gasteiger partial charge in [-0.1, -0.05) is 61.9 Å². The first-order chi connectivity index (χ1) is 16.7. The molecule has 2 unspecified atom stereocenters. The van der Waals surface area contributed by atoms with Crippen molar-refractivity contribution in [3.8, 4) is 11.1 Å². The number of benzene rings is 2. The van der Waals surface area contributed by atoms with E-state index in [-0.39, 0.29) is 31.4 Å². The van der Waals surface area contributed by atoms with Crippen molar-refractivity contribution in [2.24, 2.45) is 11.8 Å². The lowest BCUT2D eigenvalue weighted by atomic mass is 9.98. The molecule has 0 aromatic heterocycles. The van der Waals surface area contributed by atoms with Crippen LogP contribution in [0.4, 0.5) is 13.6 Å². The Kier molecular flexibility index (Phi) is 7.05. The zero-order chi connectivity index (χ0) is 25.2. The Labute approximate surface area is 202 Å². The second-order valence-corrected chi connectivity index (χ2v) is 9.11. The first kappa shape index (κ1) is 24.6. The van der Waals surface area contributed by atoms with Crippen LogP contribution in [-0.4, -0.2) is 60.1 Å². The first-order valence-corrected chi connectivity index (χ1v) is 11.7. The summed E-state index contributed by atoms with van der Waals surface area (Å²) in [6.45, 7) is 0.715. The van der Waals surface area contributed by atoms with Crippen LogP contribution in [0.15, 0.2) is 48.5 Å². The van der Waals surface area contributed by atoms with Crippen LogP contribution in [0, 0.1) is 11.8 Å². The van der Waals surface area contributed by atoms with Gasteiger partial charge in [0.25, 0.3) is 5.92 Å². The number of carbonyl (C=O) groups excluding carboxylic acids is 2. The molecule has 2 aromatic carbocycles. The molecule has 2 aromatic rings. The number of carboxylic acid groups (broad SMARTS) is 1. The fraction of sp³-hybridized carbons (Fsp3) is 0.423. The number of rotatable bonds is 8. The minimum atomic E-state index is -3.46.